The van der Waals surface area contributed by atoms with Crippen LogP contribution in [0.4, 0.5) is 5.82 Å². The van der Waals surface area contributed by atoms with Crippen LogP contribution in [0.2, 0.25) is 0 Å². The first-order valence-electron chi connectivity index (χ1n) is 10.5. The van der Waals surface area contributed by atoms with Gasteiger partial charge in [0.05, 0.1) is 11.3 Å². The molecule has 162 valence electrons. The number of nitrogens with zero attached hydrogens (tertiary/aromatic N) is 4. The van der Waals surface area contributed by atoms with Crippen molar-refractivity contribution in [2.24, 2.45) is 5.92 Å². The van der Waals surface area contributed by atoms with Crippen molar-refractivity contribution in [3.05, 3.63) is 34.5 Å². The Kier molecular flexibility index (Phi) is 6.69. The molecule has 1 atom stereocenters. The number of anilines is 1. The maximum Gasteiger partial charge on any atom is 0.255 e. The second-order valence-corrected chi connectivity index (χ2v) is 8.11. The molecule has 1 saturated heterocycles. The van der Waals surface area contributed by atoms with E-state index < -0.39 is 6.04 Å². The Morgan fingerprint density at radius 3 is 2.53 bits per heavy atom. The predicted molar refractivity (Wildman–Crippen MR) is 114 cm³/mol. The van der Waals surface area contributed by atoms with E-state index in [1.54, 1.807) is 20.0 Å². The number of piperidine rings is 1. The largest absolute Gasteiger partial charge is 0.383 e. The van der Waals surface area contributed by atoms with Crippen molar-refractivity contribution in [1.82, 2.24) is 30.4 Å². The average Bonchev–Trinajstić information content (AvgIpc) is 3.13. The molecule has 1 aliphatic heterocycles. The second kappa shape index (κ2) is 9.23. The molecule has 0 spiro atoms. The molecule has 2 aromatic heterocycles. The Bertz CT molecular complexity index is 893. The summed E-state index contributed by atoms with van der Waals surface area (Å²) in [6, 6.07) is -0.574. The summed E-state index contributed by atoms with van der Waals surface area (Å²) in [4.78, 5) is 35.6. The topological polar surface area (TPSA) is 130 Å². The Labute approximate surface area is 176 Å². The SMILES string of the molecule is Cc1nc(C)c(CCC2CCN(C(=O)[C@H](C)NC(=O)c3c[nH]nc3C)CC2)c(N)n1. The van der Waals surface area contributed by atoms with E-state index in [4.69, 9.17) is 5.73 Å². The minimum Gasteiger partial charge on any atom is -0.383 e. The highest BCUT2D eigenvalue weighted by Gasteiger charge is 2.27. The van der Waals surface area contributed by atoms with Gasteiger partial charge in [0, 0.05) is 30.5 Å². The highest BCUT2D eigenvalue weighted by Crippen LogP contribution is 2.25. The number of nitrogens with one attached hydrogen (secondary N) is 2. The summed E-state index contributed by atoms with van der Waals surface area (Å²) in [6.07, 6.45) is 5.29. The molecular formula is C21H31N7O2. The minimum absolute atomic E-state index is 0.0463. The number of nitrogens with two attached hydrogens (primary N) is 1. The van der Waals surface area contributed by atoms with Crippen molar-refractivity contribution >= 4 is 17.6 Å². The molecule has 0 radical (unpaired) electrons. The van der Waals surface area contributed by atoms with E-state index in [1.807, 2.05) is 18.7 Å². The van der Waals surface area contributed by atoms with Crippen LogP contribution in [0.25, 0.3) is 0 Å². The molecule has 4 N–H and O–H groups in total. The van der Waals surface area contributed by atoms with Gasteiger partial charge in [-0.2, -0.15) is 5.10 Å². The zero-order chi connectivity index (χ0) is 21.8. The normalized spacial score (nSPS) is 15.8. The summed E-state index contributed by atoms with van der Waals surface area (Å²) in [5, 5.41) is 9.38. The van der Waals surface area contributed by atoms with Crippen molar-refractivity contribution in [3.8, 4) is 0 Å². The van der Waals surface area contributed by atoms with E-state index in [0.29, 0.717) is 41.9 Å². The number of aromatic nitrogens is 4. The smallest absolute Gasteiger partial charge is 0.255 e. The lowest BCUT2D eigenvalue weighted by Gasteiger charge is -2.33. The van der Waals surface area contributed by atoms with Crippen LogP contribution < -0.4 is 11.1 Å². The zero-order valence-corrected chi connectivity index (χ0v) is 18.2. The number of likely N-dealkylation sites (tertiary alicyclic amines) is 1. The Morgan fingerprint density at radius 1 is 1.23 bits per heavy atom. The second-order valence-electron chi connectivity index (χ2n) is 8.11. The zero-order valence-electron chi connectivity index (χ0n) is 18.2. The van der Waals surface area contributed by atoms with Gasteiger partial charge in [-0.05, 0) is 59.3 Å². The van der Waals surface area contributed by atoms with Crippen LogP contribution in [0.15, 0.2) is 6.20 Å². The van der Waals surface area contributed by atoms with Crippen molar-refractivity contribution in [1.29, 1.82) is 0 Å². The number of amides is 2. The molecule has 1 fully saturated rings. The Balaban J connectivity index is 1.47. The highest BCUT2D eigenvalue weighted by atomic mass is 16.2. The van der Waals surface area contributed by atoms with Gasteiger partial charge in [0.2, 0.25) is 5.91 Å². The van der Waals surface area contributed by atoms with Crippen LogP contribution in [0.5, 0.6) is 0 Å². The first-order chi connectivity index (χ1) is 14.3. The summed E-state index contributed by atoms with van der Waals surface area (Å²) < 4.78 is 0. The minimum atomic E-state index is -0.574. The molecule has 2 amide bonds. The Hall–Kier alpha value is -2.97. The summed E-state index contributed by atoms with van der Waals surface area (Å²) in [5.41, 5.74) is 9.13. The fourth-order valence-corrected chi connectivity index (χ4v) is 4.06. The maximum atomic E-state index is 12.8. The number of aromatic amines is 1. The fraction of sp³-hybridized carbons (Fsp3) is 0.571. The number of nitrogen functional groups attached to an aromatic ring is 1. The van der Waals surface area contributed by atoms with E-state index >= 15 is 0 Å². The van der Waals surface area contributed by atoms with Crippen molar-refractivity contribution in [2.45, 2.75) is 59.4 Å². The third kappa shape index (κ3) is 4.95. The highest BCUT2D eigenvalue weighted by molar-refractivity contribution is 5.98. The number of hydrogen-bond donors (Lipinski definition) is 3. The van der Waals surface area contributed by atoms with Gasteiger partial charge in [-0.3, -0.25) is 14.7 Å². The van der Waals surface area contributed by atoms with Gasteiger partial charge in [-0.25, -0.2) is 9.97 Å². The van der Waals surface area contributed by atoms with Crippen molar-refractivity contribution in [3.63, 3.8) is 0 Å². The average molecular weight is 414 g/mol. The van der Waals surface area contributed by atoms with E-state index in [1.165, 1.54) is 0 Å². The standard InChI is InChI=1S/C21H31N7O2/c1-12-17(19(22)26-15(4)24-12)6-5-16-7-9-28(10-8-16)21(30)14(3)25-20(29)18-11-23-27-13(18)2/h11,14,16H,5-10H2,1-4H3,(H,23,27)(H,25,29)(H2,22,24,26)/t14-/m0/s1. The molecule has 3 rings (SSSR count). The monoisotopic (exact) mass is 413 g/mol. The maximum absolute atomic E-state index is 12.8. The van der Waals surface area contributed by atoms with Gasteiger partial charge in [0.25, 0.3) is 5.91 Å². The van der Waals surface area contributed by atoms with Crippen molar-refractivity contribution in [2.75, 3.05) is 18.8 Å². The summed E-state index contributed by atoms with van der Waals surface area (Å²) in [7, 11) is 0. The fourth-order valence-electron chi connectivity index (χ4n) is 4.06. The molecule has 0 aliphatic carbocycles. The summed E-state index contributed by atoms with van der Waals surface area (Å²) in [6.45, 7) is 8.70. The predicted octanol–water partition coefficient (Wildman–Crippen LogP) is 1.70. The summed E-state index contributed by atoms with van der Waals surface area (Å²) >= 11 is 0. The number of carbonyl (C=O) groups is 2. The van der Waals surface area contributed by atoms with Crippen LogP contribution in [0.1, 0.15) is 59.3 Å². The Morgan fingerprint density at radius 2 is 1.93 bits per heavy atom. The van der Waals surface area contributed by atoms with E-state index in [2.05, 4.69) is 25.5 Å². The first kappa shape index (κ1) is 21.7. The van der Waals surface area contributed by atoms with E-state index in [-0.39, 0.29) is 11.8 Å². The van der Waals surface area contributed by atoms with Crippen LogP contribution in [0, 0.1) is 26.7 Å². The number of H-pyrrole nitrogens is 1. The van der Waals surface area contributed by atoms with Gasteiger partial charge in [-0.15, -0.1) is 0 Å². The van der Waals surface area contributed by atoms with Crippen LogP contribution in [0.3, 0.4) is 0 Å². The molecular weight excluding hydrogens is 382 g/mol. The first-order valence-corrected chi connectivity index (χ1v) is 10.5. The third-order valence-electron chi connectivity index (χ3n) is 5.88. The molecule has 2 aromatic rings. The third-order valence-corrected chi connectivity index (χ3v) is 5.88. The van der Waals surface area contributed by atoms with Gasteiger partial charge < -0.3 is 16.0 Å². The number of aryl methyl sites for hydroxylation is 3. The lowest BCUT2D eigenvalue weighted by Crippen LogP contribution is -2.49. The van der Waals surface area contributed by atoms with Crippen LogP contribution in [-0.4, -0.2) is 56.0 Å². The van der Waals surface area contributed by atoms with E-state index in [9.17, 15) is 9.59 Å². The number of carbonyl (C=O) groups excluding carboxylic acids is 2. The number of rotatable bonds is 6. The lowest BCUT2D eigenvalue weighted by molar-refractivity contribution is -0.134. The molecule has 0 bridgehead atoms. The van der Waals surface area contributed by atoms with Gasteiger partial charge >= 0.3 is 0 Å². The quantitative estimate of drug-likeness (QED) is 0.661. The van der Waals surface area contributed by atoms with E-state index in [0.717, 1.165) is 36.9 Å². The number of hydrogen-bond acceptors (Lipinski definition) is 6. The molecule has 0 unspecified atom stereocenters. The summed E-state index contributed by atoms with van der Waals surface area (Å²) in [5.74, 6) is 1.47. The van der Waals surface area contributed by atoms with Crippen molar-refractivity contribution < 1.29 is 9.59 Å². The van der Waals surface area contributed by atoms with Crippen LogP contribution in [-0.2, 0) is 11.2 Å². The molecule has 0 saturated carbocycles. The molecule has 0 aromatic carbocycles. The molecule has 3 heterocycles. The molecule has 9 heteroatoms. The van der Waals surface area contributed by atoms with Gasteiger partial charge in [0.1, 0.15) is 17.7 Å². The van der Waals surface area contributed by atoms with Crippen LogP contribution >= 0.6 is 0 Å². The molecule has 30 heavy (non-hydrogen) atoms. The molecule has 9 nitrogen and oxygen atoms in total. The molecule has 1 aliphatic rings. The lowest BCUT2D eigenvalue weighted by atomic mass is 9.90. The van der Waals surface area contributed by atoms with Gasteiger partial charge in [-0.1, -0.05) is 0 Å². The van der Waals surface area contributed by atoms with Gasteiger partial charge in [0.15, 0.2) is 0 Å².